The maximum absolute atomic E-state index is 11.8. The SMILES string of the molecule is CC(CNC(=O)N(CC(=O)O)C1CC1)N(C)C. The summed E-state index contributed by atoms with van der Waals surface area (Å²) in [6.45, 7) is 2.31. The Kier molecular flexibility index (Phi) is 4.74. The Morgan fingerprint density at radius 3 is 2.41 bits per heavy atom. The highest BCUT2D eigenvalue weighted by atomic mass is 16.4. The van der Waals surface area contributed by atoms with Crippen LogP contribution in [0.15, 0.2) is 0 Å². The molecule has 0 saturated heterocycles. The number of carboxylic acid groups (broad SMARTS) is 1. The van der Waals surface area contributed by atoms with Crippen molar-refractivity contribution in [1.82, 2.24) is 15.1 Å². The van der Waals surface area contributed by atoms with Crippen molar-refractivity contribution in [2.24, 2.45) is 0 Å². The van der Waals surface area contributed by atoms with Gasteiger partial charge in [0.1, 0.15) is 6.54 Å². The molecule has 0 aromatic heterocycles. The Morgan fingerprint density at radius 2 is 2.00 bits per heavy atom. The quantitative estimate of drug-likeness (QED) is 0.698. The molecule has 1 unspecified atom stereocenters. The van der Waals surface area contributed by atoms with E-state index in [-0.39, 0.29) is 24.7 Å². The first-order valence-electron chi connectivity index (χ1n) is 5.84. The van der Waals surface area contributed by atoms with Gasteiger partial charge in [0.15, 0.2) is 0 Å². The number of nitrogens with zero attached hydrogens (tertiary/aromatic N) is 2. The molecule has 2 N–H and O–H groups in total. The van der Waals surface area contributed by atoms with E-state index in [0.29, 0.717) is 6.54 Å². The van der Waals surface area contributed by atoms with E-state index in [1.165, 1.54) is 4.90 Å². The van der Waals surface area contributed by atoms with Gasteiger partial charge in [0.25, 0.3) is 0 Å². The summed E-state index contributed by atoms with van der Waals surface area (Å²) in [5, 5.41) is 11.5. The summed E-state index contributed by atoms with van der Waals surface area (Å²) in [5.41, 5.74) is 0. The van der Waals surface area contributed by atoms with Crippen molar-refractivity contribution in [2.75, 3.05) is 27.2 Å². The third kappa shape index (κ3) is 4.60. The molecule has 0 heterocycles. The van der Waals surface area contributed by atoms with E-state index in [1.54, 1.807) is 0 Å². The molecule has 1 atom stereocenters. The average Bonchev–Trinajstić information content (AvgIpc) is 3.05. The highest BCUT2D eigenvalue weighted by Gasteiger charge is 2.33. The molecule has 0 aliphatic heterocycles. The molecule has 6 nitrogen and oxygen atoms in total. The highest BCUT2D eigenvalue weighted by molar-refractivity contribution is 5.80. The zero-order valence-electron chi connectivity index (χ0n) is 10.6. The minimum atomic E-state index is -0.965. The van der Waals surface area contributed by atoms with Crippen molar-refractivity contribution >= 4 is 12.0 Å². The van der Waals surface area contributed by atoms with Gasteiger partial charge >= 0.3 is 12.0 Å². The second-order valence-electron chi connectivity index (χ2n) is 4.75. The van der Waals surface area contributed by atoms with Gasteiger partial charge < -0.3 is 20.2 Å². The predicted octanol–water partition coefficient (Wildman–Crippen LogP) is 0.195. The van der Waals surface area contributed by atoms with Crippen LogP contribution in [0.3, 0.4) is 0 Å². The normalized spacial score (nSPS) is 16.7. The zero-order valence-corrected chi connectivity index (χ0v) is 10.6. The van der Waals surface area contributed by atoms with Crippen LogP contribution in [-0.4, -0.2) is 66.2 Å². The van der Waals surface area contributed by atoms with Gasteiger partial charge in [-0.05, 0) is 33.9 Å². The van der Waals surface area contributed by atoms with E-state index in [2.05, 4.69) is 5.32 Å². The van der Waals surface area contributed by atoms with E-state index in [9.17, 15) is 9.59 Å². The molecule has 0 aromatic carbocycles. The largest absolute Gasteiger partial charge is 0.480 e. The van der Waals surface area contributed by atoms with E-state index >= 15 is 0 Å². The number of aliphatic carboxylic acids is 1. The number of rotatable bonds is 6. The lowest BCUT2D eigenvalue weighted by Crippen LogP contribution is -2.47. The van der Waals surface area contributed by atoms with Gasteiger partial charge in [-0.15, -0.1) is 0 Å². The molecule has 1 fully saturated rings. The fraction of sp³-hybridized carbons (Fsp3) is 0.818. The smallest absolute Gasteiger partial charge is 0.323 e. The number of amides is 2. The van der Waals surface area contributed by atoms with Crippen molar-refractivity contribution in [3.63, 3.8) is 0 Å². The van der Waals surface area contributed by atoms with Crippen LogP contribution in [0, 0.1) is 0 Å². The van der Waals surface area contributed by atoms with Crippen molar-refractivity contribution < 1.29 is 14.7 Å². The van der Waals surface area contributed by atoms with E-state index in [4.69, 9.17) is 5.11 Å². The monoisotopic (exact) mass is 243 g/mol. The van der Waals surface area contributed by atoms with Crippen LogP contribution < -0.4 is 5.32 Å². The molecule has 17 heavy (non-hydrogen) atoms. The lowest BCUT2D eigenvalue weighted by Gasteiger charge is -2.24. The third-order valence-electron chi connectivity index (χ3n) is 2.98. The number of carboxylic acids is 1. The molecule has 0 radical (unpaired) electrons. The van der Waals surface area contributed by atoms with Crippen LogP contribution in [0.4, 0.5) is 4.79 Å². The molecule has 0 spiro atoms. The van der Waals surface area contributed by atoms with Crippen molar-refractivity contribution in [2.45, 2.75) is 31.8 Å². The third-order valence-corrected chi connectivity index (χ3v) is 2.98. The topological polar surface area (TPSA) is 72.9 Å². The lowest BCUT2D eigenvalue weighted by molar-refractivity contribution is -0.137. The summed E-state index contributed by atoms with van der Waals surface area (Å²) < 4.78 is 0. The number of carbonyl (C=O) groups excluding carboxylic acids is 1. The van der Waals surface area contributed by atoms with Gasteiger partial charge in [0.05, 0.1) is 0 Å². The fourth-order valence-corrected chi connectivity index (χ4v) is 1.42. The fourth-order valence-electron chi connectivity index (χ4n) is 1.42. The molecule has 1 saturated carbocycles. The lowest BCUT2D eigenvalue weighted by atomic mass is 10.3. The molecule has 0 aromatic rings. The molecule has 1 rings (SSSR count). The first-order valence-corrected chi connectivity index (χ1v) is 5.84. The Bertz CT molecular complexity index is 290. The molecular weight excluding hydrogens is 222 g/mol. The Morgan fingerprint density at radius 1 is 1.41 bits per heavy atom. The number of likely N-dealkylation sites (N-methyl/N-ethyl adjacent to an activating group) is 1. The standard InChI is InChI=1S/C11H21N3O3/c1-8(13(2)3)6-12-11(17)14(7-10(15)16)9-4-5-9/h8-9H,4-7H2,1-3H3,(H,12,17)(H,15,16). The summed E-state index contributed by atoms with van der Waals surface area (Å²) >= 11 is 0. The number of nitrogens with one attached hydrogen (secondary N) is 1. The summed E-state index contributed by atoms with van der Waals surface area (Å²) in [7, 11) is 3.87. The van der Waals surface area contributed by atoms with Crippen molar-refractivity contribution in [3.8, 4) is 0 Å². The van der Waals surface area contributed by atoms with Gasteiger partial charge in [-0.2, -0.15) is 0 Å². The summed E-state index contributed by atoms with van der Waals surface area (Å²) in [4.78, 5) is 25.9. The van der Waals surface area contributed by atoms with Crippen LogP contribution in [-0.2, 0) is 4.79 Å². The van der Waals surface area contributed by atoms with E-state index < -0.39 is 5.97 Å². The average molecular weight is 243 g/mol. The Hall–Kier alpha value is -1.30. The second-order valence-corrected chi connectivity index (χ2v) is 4.75. The van der Waals surface area contributed by atoms with Gasteiger partial charge in [-0.1, -0.05) is 0 Å². The van der Waals surface area contributed by atoms with Gasteiger partial charge in [-0.3, -0.25) is 4.79 Å². The second kappa shape index (κ2) is 5.86. The molecule has 2 amide bonds. The zero-order chi connectivity index (χ0) is 13.0. The minimum Gasteiger partial charge on any atom is -0.480 e. The first-order chi connectivity index (χ1) is 7.91. The van der Waals surface area contributed by atoms with Crippen LogP contribution >= 0.6 is 0 Å². The van der Waals surface area contributed by atoms with Crippen LogP contribution in [0.5, 0.6) is 0 Å². The predicted molar refractivity (Wildman–Crippen MR) is 63.9 cm³/mol. The number of hydrogen-bond acceptors (Lipinski definition) is 3. The number of hydrogen-bond donors (Lipinski definition) is 2. The van der Waals surface area contributed by atoms with Gasteiger partial charge in [-0.25, -0.2) is 4.79 Å². The summed E-state index contributed by atoms with van der Waals surface area (Å²) in [5.74, 6) is -0.965. The van der Waals surface area contributed by atoms with E-state index in [1.807, 2.05) is 25.9 Å². The van der Waals surface area contributed by atoms with Crippen LogP contribution in [0.25, 0.3) is 0 Å². The van der Waals surface area contributed by atoms with E-state index in [0.717, 1.165) is 12.8 Å². The first kappa shape index (κ1) is 13.8. The minimum absolute atomic E-state index is 0.112. The van der Waals surface area contributed by atoms with Crippen molar-refractivity contribution in [3.05, 3.63) is 0 Å². The molecule has 98 valence electrons. The summed E-state index contributed by atoms with van der Waals surface area (Å²) in [6, 6.07) is 0.0641. The summed E-state index contributed by atoms with van der Waals surface area (Å²) in [6.07, 6.45) is 1.81. The number of carbonyl (C=O) groups is 2. The maximum atomic E-state index is 11.8. The van der Waals surface area contributed by atoms with Crippen molar-refractivity contribution in [1.29, 1.82) is 0 Å². The van der Waals surface area contributed by atoms with Crippen LogP contribution in [0.2, 0.25) is 0 Å². The molecule has 1 aliphatic carbocycles. The van der Waals surface area contributed by atoms with Gasteiger partial charge in [0.2, 0.25) is 0 Å². The maximum Gasteiger partial charge on any atom is 0.323 e. The molecule has 1 aliphatic rings. The van der Waals surface area contributed by atoms with Crippen LogP contribution in [0.1, 0.15) is 19.8 Å². The molecule has 0 bridgehead atoms. The number of urea groups is 1. The van der Waals surface area contributed by atoms with Gasteiger partial charge in [0, 0.05) is 18.6 Å². The Balaban J connectivity index is 2.40. The Labute approximate surface area is 102 Å². The highest BCUT2D eigenvalue weighted by Crippen LogP contribution is 2.26. The molecule has 6 heteroatoms. The molecular formula is C11H21N3O3.